The van der Waals surface area contributed by atoms with Crippen molar-refractivity contribution >= 4 is 17.5 Å². The van der Waals surface area contributed by atoms with Crippen LogP contribution in [-0.4, -0.2) is 41.8 Å². The highest BCUT2D eigenvalue weighted by molar-refractivity contribution is 6.42. The lowest BCUT2D eigenvalue weighted by Crippen LogP contribution is -2.46. The molecule has 2 aliphatic rings. The average molecular weight is 223 g/mol. The molecule has 0 saturated heterocycles. The van der Waals surface area contributed by atoms with Crippen LogP contribution in [0.4, 0.5) is 0 Å². The number of hydrogen-bond acceptors (Lipinski definition) is 7. The minimum absolute atomic E-state index is 0.281. The molecular weight excluding hydrogens is 210 g/mol. The molecule has 2 heterocycles. The highest BCUT2D eigenvalue weighted by atomic mass is 16.3. The molecule has 0 aromatic heterocycles. The second kappa shape index (κ2) is 3.93. The fourth-order valence-corrected chi connectivity index (χ4v) is 1.47. The lowest BCUT2D eigenvalue weighted by Gasteiger charge is -2.24. The summed E-state index contributed by atoms with van der Waals surface area (Å²) in [5.41, 5.74) is 6.43. The first-order valence-electron chi connectivity index (χ1n) is 4.91. The topological polar surface area (TPSA) is 112 Å². The van der Waals surface area contributed by atoms with Gasteiger partial charge in [0.15, 0.2) is 5.96 Å². The van der Waals surface area contributed by atoms with Gasteiger partial charge in [0.05, 0.1) is 13.1 Å². The molecule has 7 nitrogen and oxygen atoms in total. The zero-order valence-corrected chi connectivity index (χ0v) is 8.82. The fourth-order valence-electron chi connectivity index (χ4n) is 1.47. The summed E-state index contributed by atoms with van der Waals surface area (Å²) in [4.78, 5) is 19.6. The van der Waals surface area contributed by atoms with Gasteiger partial charge in [0.1, 0.15) is 23.3 Å². The van der Waals surface area contributed by atoms with E-state index in [2.05, 4.69) is 20.6 Å². The number of nitrogens with one attached hydrogen (secondary N) is 2. The molecule has 0 aromatic carbocycles. The SMILES string of the molecule is CC(O)C(=O)C1=NC2=C(NC1)NC(N)=NC2. The average Bonchev–Trinajstić information content (AvgIpc) is 2.27. The van der Waals surface area contributed by atoms with E-state index in [0.29, 0.717) is 29.7 Å². The van der Waals surface area contributed by atoms with Crippen LogP contribution in [0.1, 0.15) is 6.92 Å². The molecule has 2 rings (SSSR count). The lowest BCUT2D eigenvalue weighted by molar-refractivity contribution is -0.119. The summed E-state index contributed by atoms with van der Waals surface area (Å²) in [6.07, 6.45) is -1.03. The van der Waals surface area contributed by atoms with Crippen LogP contribution in [0.25, 0.3) is 0 Å². The Morgan fingerprint density at radius 1 is 1.62 bits per heavy atom. The largest absolute Gasteiger partial charge is 0.385 e. The molecule has 5 N–H and O–H groups in total. The van der Waals surface area contributed by atoms with Crippen LogP contribution in [0.2, 0.25) is 0 Å². The van der Waals surface area contributed by atoms with E-state index < -0.39 is 6.10 Å². The zero-order valence-electron chi connectivity index (χ0n) is 8.82. The summed E-state index contributed by atoms with van der Waals surface area (Å²) in [6.45, 7) is 2.03. The van der Waals surface area contributed by atoms with Crippen molar-refractivity contribution in [1.82, 2.24) is 10.6 Å². The van der Waals surface area contributed by atoms with E-state index in [1.54, 1.807) is 0 Å². The number of nitrogens with two attached hydrogens (primary N) is 1. The molecule has 0 spiro atoms. The number of guanidine groups is 1. The first-order chi connectivity index (χ1) is 7.58. The maximum absolute atomic E-state index is 11.5. The first-order valence-corrected chi connectivity index (χ1v) is 4.91. The maximum Gasteiger partial charge on any atom is 0.206 e. The molecule has 86 valence electrons. The third kappa shape index (κ3) is 1.89. The number of carbonyl (C=O) groups excluding carboxylic acids is 1. The van der Waals surface area contributed by atoms with Gasteiger partial charge in [0.25, 0.3) is 0 Å². The molecule has 0 bridgehead atoms. The van der Waals surface area contributed by atoms with E-state index in [1.165, 1.54) is 6.92 Å². The molecular formula is C9H13N5O2. The quantitative estimate of drug-likeness (QED) is 0.435. The second-order valence-corrected chi connectivity index (χ2v) is 3.60. The van der Waals surface area contributed by atoms with E-state index in [0.717, 1.165) is 0 Å². The number of Topliss-reactive ketones (excluding diaryl/α,β-unsaturated/α-hetero) is 1. The molecule has 1 atom stereocenters. The van der Waals surface area contributed by atoms with Crippen LogP contribution in [-0.2, 0) is 4.79 Å². The maximum atomic E-state index is 11.5. The van der Waals surface area contributed by atoms with Gasteiger partial charge in [-0.1, -0.05) is 0 Å². The second-order valence-electron chi connectivity index (χ2n) is 3.60. The highest BCUT2D eigenvalue weighted by Crippen LogP contribution is 2.11. The van der Waals surface area contributed by atoms with Gasteiger partial charge in [-0.2, -0.15) is 0 Å². The van der Waals surface area contributed by atoms with E-state index in [1.807, 2.05) is 0 Å². The summed E-state index contributed by atoms with van der Waals surface area (Å²) in [5, 5.41) is 15.0. The van der Waals surface area contributed by atoms with Gasteiger partial charge >= 0.3 is 0 Å². The summed E-state index contributed by atoms with van der Waals surface area (Å²) in [6, 6.07) is 0. The summed E-state index contributed by atoms with van der Waals surface area (Å²) in [5.74, 6) is 0.628. The normalized spacial score (nSPS) is 21.1. The van der Waals surface area contributed by atoms with Gasteiger partial charge in [0, 0.05) is 0 Å². The Morgan fingerprint density at radius 3 is 3.06 bits per heavy atom. The lowest BCUT2D eigenvalue weighted by atomic mass is 10.1. The smallest absolute Gasteiger partial charge is 0.206 e. The monoisotopic (exact) mass is 223 g/mol. The summed E-state index contributed by atoms with van der Waals surface area (Å²) >= 11 is 0. The first kappa shape index (κ1) is 10.6. The van der Waals surface area contributed by atoms with Crippen LogP contribution in [0.3, 0.4) is 0 Å². The molecule has 7 heteroatoms. The number of nitrogens with zero attached hydrogens (tertiary/aromatic N) is 2. The molecule has 2 aliphatic heterocycles. The van der Waals surface area contributed by atoms with Crippen LogP contribution in [0.15, 0.2) is 21.5 Å². The number of hydrogen-bond donors (Lipinski definition) is 4. The third-order valence-electron chi connectivity index (χ3n) is 2.31. The van der Waals surface area contributed by atoms with Crippen LogP contribution in [0.5, 0.6) is 0 Å². The highest BCUT2D eigenvalue weighted by Gasteiger charge is 2.24. The number of ketones is 1. The Bertz CT molecular complexity index is 422. The molecule has 0 amide bonds. The summed E-state index contributed by atoms with van der Waals surface area (Å²) in [7, 11) is 0. The van der Waals surface area contributed by atoms with Crippen molar-refractivity contribution in [2.75, 3.05) is 13.1 Å². The molecule has 16 heavy (non-hydrogen) atoms. The molecule has 0 radical (unpaired) electrons. The Kier molecular flexibility index (Phi) is 2.61. The summed E-state index contributed by atoms with van der Waals surface area (Å²) < 4.78 is 0. The standard InChI is InChI=1S/C9H13N5O2/c1-4(15)7(16)5-2-11-8-6(13-5)3-12-9(10)14-8/h4,11,15H,2-3H2,1H3,(H3,10,12,14). The molecule has 0 aromatic rings. The van der Waals surface area contributed by atoms with E-state index in [4.69, 9.17) is 5.73 Å². The third-order valence-corrected chi connectivity index (χ3v) is 2.31. The van der Waals surface area contributed by atoms with Gasteiger partial charge in [-0.05, 0) is 6.92 Å². The number of rotatable bonds is 2. The number of carbonyl (C=O) groups is 1. The van der Waals surface area contributed by atoms with Crippen LogP contribution in [0, 0.1) is 0 Å². The minimum Gasteiger partial charge on any atom is -0.385 e. The van der Waals surface area contributed by atoms with E-state index >= 15 is 0 Å². The minimum atomic E-state index is -1.03. The molecule has 0 saturated carbocycles. The van der Waals surface area contributed by atoms with Crippen molar-refractivity contribution < 1.29 is 9.90 Å². The van der Waals surface area contributed by atoms with Crippen LogP contribution < -0.4 is 16.4 Å². The Balaban J connectivity index is 2.20. The van der Waals surface area contributed by atoms with E-state index in [9.17, 15) is 9.90 Å². The predicted molar refractivity (Wildman–Crippen MR) is 58.8 cm³/mol. The van der Waals surface area contributed by atoms with Crippen molar-refractivity contribution in [2.24, 2.45) is 15.7 Å². The number of aliphatic imine (C=N–C) groups is 2. The number of aliphatic hydroxyl groups is 1. The Morgan fingerprint density at radius 2 is 2.38 bits per heavy atom. The van der Waals surface area contributed by atoms with Gasteiger partial charge in [0.2, 0.25) is 5.78 Å². The van der Waals surface area contributed by atoms with Crippen molar-refractivity contribution in [3.63, 3.8) is 0 Å². The Hall–Kier alpha value is -1.89. The van der Waals surface area contributed by atoms with Crippen molar-refractivity contribution in [3.8, 4) is 0 Å². The van der Waals surface area contributed by atoms with Crippen LogP contribution >= 0.6 is 0 Å². The fraction of sp³-hybridized carbons (Fsp3) is 0.444. The van der Waals surface area contributed by atoms with Gasteiger partial charge in [-0.25, -0.2) is 9.98 Å². The van der Waals surface area contributed by atoms with Gasteiger partial charge in [-0.15, -0.1) is 0 Å². The molecule has 1 unspecified atom stereocenters. The molecule has 0 aliphatic carbocycles. The molecule has 0 fully saturated rings. The predicted octanol–water partition coefficient (Wildman–Crippen LogP) is -1.93. The zero-order chi connectivity index (χ0) is 11.7. The van der Waals surface area contributed by atoms with Crippen molar-refractivity contribution in [3.05, 3.63) is 11.5 Å². The van der Waals surface area contributed by atoms with Gasteiger partial charge in [-0.3, -0.25) is 4.79 Å². The van der Waals surface area contributed by atoms with Gasteiger partial charge < -0.3 is 21.5 Å². The van der Waals surface area contributed by atoms with Crippen molar-refractivity contribution in [1.29, 1.82) is 0 Å². The van der Waals surface area contributed by atoms with E-state index in [-0.39, 0.29) is 12.3 Å². The number of aliphatic hydroxyl groups excluding tert-OH is 1. The Labute approximate surface area is 92.1 Å². The van der Waals surface area contributed by atoms with Crippen molar-refractivity contribution in [2.45, 2.75) is 13.0 Å².